The van der Waals surface area contributed by atoms with Crippen LogP contribution in [0.2, 0.25) is 0 Å². The Hall–Kier alpha value is -1.23. The lowest BCUT2D eigenvalue weighted by molar-refractivity contribution is 0.0606. The highest BCUT2D eigenvalue weighted by Crippen LogP contribution is 2.35. The van der Waals surface area contributed by atoms with Crippen molar-refractivity contribution in [2.24, 2.45) is 0 Å². The molecule has 4 heteroatoms. The number of aliphatic hydroxyl groups is 1. The highest BCUT2D eigenvalue weighted by molar-refractivity contribution is 9.10. The van der Waals surface area contributed by atoms with Gasteiger partial charge in [0.15, 0.2) is 0 Å². The zero-order valence-electron chi connectivity index (χ0n) is 11.4. The molecule has 1 heterocycles. The van der Waals surface area contributed by atoms with Crippen LogP contribution >= 0.6 is 27.3 Å². The number of benzene rings is 2. The van der Waals surface area contributed by atoms with Crippen LogP contribution in [-0.4, -0.2) is 5.11 Å². The fourth-order valence-electron chi connectivity index (χ4n) is 2.37. The molecular formula is C17H14BrFOS. The van der Waals surface area contributed by atoms with Crippen molar-refractivity contribution in [1.82, 2.24) is 0 Å². The van der Waals surface area contributed by atoms with E-state index in [-0.39, 0.29) is 12.2 Å². The Bertz CT molecular complexity index is 761. The van der Waals surface area contributed by atoms with Gasteiger partial charge in [0, 0.05) is 20.5 Å². The summed E-state index contributed by atoms with van der Waals surface area (Å²) < 4.78 is 15.8. The molecule has 108 valence electrons. The van der Waals surface area contributed by atoms with Gasteiger partial charge in [-0.2, -0.15) is 0 Å². The Morgan fingerprint density at radius 2 is 1.95 bits per heavy atom. The quantitative estimate of drug-likeness (QED) is 0.672. The summed E-state index contributed by atoms with van der Waals surface area (Å²) in [6, 6.07) is 14.9. The van der Waals surface area contributed by atoms with Crippen molar-refractivity contribution in [3.05, 3.63) is 69.3 Å². The topological polar surface area (TPSA) is 20.2 Å². The average molecular weight is 365 g/mol. The van der Waals surface area contributed by atoms with Gasteiger partial charge < -0.3 is 5.11 Å². The fraction of sp³-hybridized carbons (Fsp3) is 0.176. The van der Waals surface area contributed by atoms with Crippen molar-refractivity contribution >= 4 is 37.4 Å². The molecule has 0 fully saturated rings. The highest BCUT2D eigenvalue weighted by atomic mass is 79.9. The summed E-state index contributed by atoms with van der Waals surface area (Å²) in [6.45, 7) is 1.74. The van der Waals surface area contributed by atoms with Gasteiger partial charge in [0.2, 0.25) is 0 Å². The van der Waals surface area contributed by atoms with Gasteiger partial charge in [0.1, 0.15) is 11.4 Å². The molecule has 1 aromatic heterocycles. The van der Waals surface area contributed by atoms with E-state index in [1.807, 2.05) is 30.3 Å². The zero-order valence-corrected chi connectivity index (χ0v) is 13.8. The first-order valence-corrected chi connectivity index (χ1v) is 8.22. The lowest BCUT2D eigenvalue weighted by atomic mass is 9.94. The second-order valence-electron chi connectivity index (χ2n) is 5.33. The van der Waals surface area contributed by atoms with Crippen LogP contribution in [0, 0.1) is 5.82 Å². The van der Waals surface area contributed by atoms with Crippen molar-refractivity contribution in [2.45, 2.75) is 18.9 Å². The summed E-state index contributed by atoms with van der Waals surface area (Å²) in [5.74, 6) is -0.300. The Morgan fingerprint density at radius 3 is 2.67 bits per heavy atom. The molecule has 3 rings (SSSR count). The summed E-state index contributed by atoms with van der Waals surface area (Å²) in [6.07, 6.45) is 0.249. The molecule has 0 aliphatic rings. The smallest absolute Gasteiger partial charge is 0.127 e. The summed E-state index contributed by atoms with van der Waals surface area (Å²) >= 11 is 4.79. The number of hydrogen-bond acceptors (Lipinski definition) is 2. The normalized spacial score (nSPS) is 14.3. The van der Waals surface area contributed by atoms with Gasteiger partial charge in [-0.3, -0.25) is 0 Å². The van der Waals surface area contributed by atoms with E-state index in [9.17, 15) is 9.50 Å². The standard InChI is InChI=1S/C17H14BrFOS/c1-17(20,10-12-6-7-13(18)9-14(12)19)16-8-11-4-2-3-5-15(11)21-16/h2-9,20H,10H2,1H3. The Balaban J connectivity index is 1.95. The van der Waals surface area contributed by atoms with Gasteiger partial charge in [-0.25, -0.2) is 4.39 Å². The van der Waals surface area contributed by atoms with Gasteiger partial charge in [-0.05, 0) is 42.1 Å². The van der Waals surface area contributed by atoms with Crippen LogP contribution in [0.25, 0.3) is 10.1 Å². The molecule has 0 spiro atoms. The predicted octanol–water partition coefficient (Wildman–Crippen LogP) is 5.25. The van der Waals surface area contributed by atoms with Crippen LogP contribution in [0.4, 0.5) is 4.39 Å². The molecule has 0 aliphatic heterocycles. The zero-order chi connectivity index (χ0) is 15.0. The van der Waals surface area contributed by atoms with E-state index in [1.165, 1.54) is 6.07 Å². The summed E-state index contributed by atoms with van der Waals surface area (Å²) in [4.78, 5) is 0.853. The minimum atomic E-state index is -1.08. The lowest BCUT2D eigenvalue weighted by Gasteiger charge is -2.22. The molecule has 0 bridgehead atoms. The Labute approximate surface area is 135 Å². The summed E-state index contributed by atoms with van der Waals surface area (Å²) in [7, 11) is 0. The molecule has 1 unspecified atom stereocenters. The monoisotopic (exact) mass is 364 g/mol. The van der Waals surface area contributed by atoms with Crippen molar-refractivity contribution in [3.63, 3.8) is 0 Å². The molecule has 0 aliphatic carbocycles. The van der Waals surface area contributed by atoms with E-state index >= 15 is 0 Å². The van der Waals surface area contributed by atoms with E-state index in [1.54, 1.807) is 30.4 Å². The highest BCUT2D eigenvalue weighted by Gasteiger charge is 2.27. The van der Waals surface area contributed by atoms with Crippen molar-refractivity contribution in [3.8, 4) is 0 Å². The first kappa shape index (κ1) is 14.7. The molecule has 0 saturated heterocycles. The second kappa shape index (κ2) is 5.52. The molecule has 1 N–H and O–H groups in total. The average Bonchev–Trinajstić information content (AvgIpc) is 2.87. The van der Waals surface area contributed by atoms with Crippen LogP contribution < -0.4 is 0 Å². The first-order chi connectivity index (χ1) is 9.95. The van der Waals surface area contributed by atoms with E-state index in [0.717, 1.165) is 15.0 Å². The Kier molecular flexibility index (Phi) is 3.86. The number of rotatable bonds is 3. The van der Waals surface area contributed by atoms with Gasteiger partial charge in [0.05, 0.1) is 0 Å². The molecule has 0 radical (unpaired) electrons. The van der Waals surface area contributed by atoms with Crippen LogP contribution in [-0.2, 0) is 12.0 Å². The molecule has 1 atom stereocenters. The molecule has 0 saturated carbocycles. The molecule has 3 aromatic rings. The minimum Gasteiger partial charge on any atom is -0.384 e. The van der Waals surface area contributed by atoms with Crippen LogP contribution in [0.5, 0.6) is 0 Å². The number of hydrogen-bond donors (Lipinski definition) is 1. The van der Waals surface area contributed by atoms with E-state index in [0.29, 0.717) is 10.0 Å². The number of thiophene rings is 1. The van der Waals surface area contributed by atoms with Crippen molar-refractivity contribution < 1.29 is 9.50 Å². The van der Waals surface area contributed by atoms with Crippen molar-refractivity contribution in [1.29, 1.82) is 0 Å². The van der Waals surface area contributed by atoms with Gasteiger partial charge in [-0.1, -0.05) is 40.2 Å². The van der Waals surface area contributed by atoms with Crippen LogP contribution in [0.1, 0.15) is 17.4 Å². The molecule has 21 heavy (non-hydrogen) atoms. The minimum absolute atomic E-state index is 0.249. The lowest BCUT2D eigenvalue weighted by Crippen LogP contribution is -2.23. The Morgan fingerprint density at radius 1 is 1.19 bits per heavy atom. The molecular weight excluding hydrogens is 351 g/mol. The third kappa shape index (κ3) is 3.03. The number of halogens is 2. The van der Waals surface area contributed by atoms with E-state index in [4.69, 9.17) is 0 Å². The first-order valence-electron chi connectivity index (χ1n) is 6.61. The molecule has 1 nitrogen and oxygen atoms in total. The summed E-state index contributed by atoms with van der Waals surface area (Å²) in [5.41, 5.74) is -0.570. The summed E-state index contributed by atoms with van der Waals surface area (Å²) in [5, 5.41) is 11.9. The van der Waals surface area contributed by atoms with Crippen LogP contribution in [0.3, 0.4) is 0 Å². The van der Waals surface area contributed by atoms with Gasteiger partial charge in [-0.15, -0.1) is 11.3 Å². The third-order valence-electron chi connectivity index (χ3n) is 3.51. The maximum atomic E-state index is 14.0. The predicted molar refractivity (Wildman–Crippen MR) is 89.2 cm³/mol. The van der Waals surface area contributed by atoms with Crippen LogP contribution in [0.15, 0.2) is 53.0 Å². The van der Waals surface area contributed by atoms with Gasteiger partial charge in [0.25, 0.3) is 0 Å². The maximum absolute atomic E-state index is 14.0. The maximum Gasteiger partial charge on any atom is 0.127 e. The van der Waals surface area contributed by atoms with Gasteiger partial charge >= 0.3 is 0 Å². The largest absolute Gasteiger partial charge is 0.384 e. The fourth-order valence-corrected chi connectivity index (χ4v) is 3.81. The second-order valence-corrected chi connectivity index (χ2v) is 7.33. The third-order valence-corrected chi connectivity index (χ3v) is 5.37. The van der Waals surface area contributed by atoms with Crippen molar-refractivity contribution in [2.75, 3.05) is 0 Å². The van der Waals surface area contributed by atoms with E-state index in [2.05, 4.69) is 15.9 Å². The molecule has 0 amide bonds. The number of fused-ring (bicyclic) bond motifs is 1. The van der Waals surface area contributed by atoms with E-state index < -0.39 is 5.60 Å². The molecule has 2 aromatic carbocycles. The SMILES string of the molecule is CC(O)(Cc1ccc(Br)cc1F)c1cc2ccccc2s1.